The van der Waals surface area contributed by atoms with E-state index in [4.69, 9.17) is 0 Å². The Kier molecular flexibility index (Phi) is 3.36. The molecule has 1 atom stereocenters. The molecule has 1 aromatic carbocycles. The van der Waals surface area contributed by atoms with Gasteiger partial charge in [-0.15, -0.1) is 11.3 Å². The molecule has 0 aliphatic heterocycles. The Morgan fingerprint density at radius 3 is 3.00 bits per heavy atom. The van der Waals surface area contributed by atoms with Crippen molar-refractivity contribution in [2.45, 2.75) is 13.0 Å². The number of hydrogen-bond donors (Lipinski definition) is 2. The first-order valence-corrected chi connectivity index (χ1v) is 6.05. The van der Waals surface area contributed by atoms with E-state index in [0.29, 0.717) is 6.54 Å². The van der Waals surface area contributed by atoms with Crippen LogP contribution in [0.5, 0.6) is 0 Å². The number of nitrogens with one attached hydrogen (secondary N) is 1. The Morgan fingerprint density at radius 1 is 1.40 bits per heavy atom. The van der Waals surface area contributed by atoms with Gasteiger partial charge in [0, 0.05) is 16.8 Å². The van der Waals surface area contributed by atoms with Crippen LogP contribution in [0.4, 0.5) is 0 Å². The highest BCUT2D eigenvalue weighted by Crippen LogP contribution is 2.29. The van der Waals surface area contributed by atoms with Gasteiger partial charge in [0.15, 0.2) is 0 Å². The Balaban J connectivity index is 2.27. The molecule has 0 saturated heterocycles. The van der Waals surface area contributed by atoms with E-state index in [1.54, 1.807) is 11.3 Å². The molecule has 2 aromatic rings. The molecule has 0 saturated carbocycles. The lowest BCUT2D eigenvalue weighted by molar-refractivity contribution is 0.177. The molecule has 0 radical (unpaired) electrons. The Morgan fingerprint density at radius 2 is 2.20 bits per heavy atom. The van der Waals surface area contributed by atoms with E-state index in [2.05, 4.69) is 17.4 Å². The van der Waals surface area contributed by atoms with Gasteiger partial charge in [-0.05, 0) is 23.4 Å². The van der Waals surface area contributed by atoms with E-state index in [9.17, 15) is 5.11 Å². The second kappa shape index (κ2) is 4.75. The van der Waals surface area contributed by atoms with E-state index in [-0.39, 0.29) is 0 Å². The third-order valence-electron chi connectivity index (χ3n) is 2.46. The van der Waals surface area contributed by atoms with Crippen molar-refractivity contribution in [3.8, 4) is 0 Å². The van der Waals surface area contributed by atoms with E-state index in [1.165, 1.54) is 10.1 Å². The second-order valence-electron chi connectivity index (χ2n) is 3.51. The Bertz CT molecular complexity index is 438. The van der Waals surface area contributed by atoms with Crippen molar-refractivity contribution >= 4 is 21.4 Å². The van der Waals surface area contributed by atoms with E-state index < -0.39 is 6.10 Å². The minimum Gasteiger partial charge on any atom is -0.387 e. The van der Waals surface area contributed by atoms with Crippen molar-refractivity contribution in [2.75, 3.05) is 13.1 Å². The molecule has 2 rings (SSSR count). The minimum atomic E-state index is -0.402. The van der Waals surface area contributed by atoms with Crippen molar-refractivity contribution in [3.63, 3.8) is 0 Å². The maximum atomic E-state index is 9.98. The third-order valence-corrected chi connectivity index (χ3v) is 3.44. The van der Waals surface area contributed by atoms with Gasteiger partial charge >= 0.3 is 0 Å². The van der Waals surface area contributed by atoms with Crippen LogP contribution in [0.15, 0.2) is 29.6 Å². The predicted molar refractivity (Wildman–Crippen MR) is 65.3 cm³/mol. The fourth-order valence-electron chi connectivity index (χ4n) is 1.65. The summed E-state index contributed by atoms with van der Waals surface area (Å²) in [5.41, 5.74) is 1.04. The van der Waals surface area contributed by atoms with Gasteiger partial charge in [-0.2, -0.15) is 0 Å². The summed E-state index contributed by atoms with van der Waals surface area (Å²) in [5, 5.41) is 16.4. The predicted octanol–water partition coefficient (Wildman–Crippen LogP) is 2.54. The summed E-state index contributed by atoms with van der Waals surface area (Å²) in [5.74, 6) is 0. The van der Waals surface area contributed by atoms with Crippen LogP contribution in [0, 0.1) is 0 Å². The molecule has 0 aliphatic carbocycles. The maximum absolute atomic E-state index is 9.98. The molecule has 2 N–H and O–H groups in total. The van der Waals surface area contributed by atoms with Crippen LogP contribution in [-0.2, 0) is 0 Å². The number of rotatable bonds is 4. The van der Waals surface area contributed by atoms with Gasteiger partial charge in [0.25, 0.3) is 0 Å². The van der Waals surface area contributed by atoms with Gasteiger partial charge in [0.1, 0.15) is 0 Å². The first-order chi connectivity index (χ1) is 7.33. The first-order valence-electron chi connectivity index (χ1n) is 5.18. The molecule has 1 aromatic heterocycles. The Labute approximate surface area is 93.6 Å². The van der Waals surface area contributed by atoms with Crippen molar-refractivity contribution < 1.29 is 5.11 Å². The minimum absolute atomic E-state index is 0.402. The molecular weight excluding hydrogens is 206 g/mol. The normalized spacial score (nSPS) is 13.2. The molecule has 1 heterocycles. The van der Waals surface area contributed by atoms with Crippen molar-refractivity contribution in [3.05, 3.63) is 35.2 Å². The summed E-state index contributed by atoms with van der Waals surface area (Å²) in [7, 11) is 0. The molecule has 0 aliphatic rings. The topological polar surface area (TPSA) is 32.3 Å². The van der Waals surface area contributed by atoms with Crippen molar-refractivity contribution in [1.82, 2.24) is 5.32 Å². The van der Waals surface area contributed by atoms with Crippen molar-refractivity contribution in [1.29, 1.82) is 0 Å². The van der Waals surface area contributed by atoms with Crippen LogP contribution in [0.1, 0.15) is 18.6 Å². The average Bonchev–Trinajstić information content (AvgIpc) is 2.69. The molecule has 0 fully saturated rings. The van der Waals surface area contributed by atoms with E-state index in [1.807, 2.05) is 24.4 Å². The molecule has 3 heteroatoms. The van der Waals surface area contributed by atoms with Gasteiger partial charge in [0.2, 0.25) is 0 Å². The van der Waals surface area contributed by atoms with Crippen LogP contribution in [-0.4, -0.2) is 18.2 Å². The van der Waals surface area contributed by atoms with Crippen LogP contribution in [0.25, 0.3) is 10.1 Å². The summed E-state index contributed by atoms with van der Waals surface area (Å²) >= 11 is 1.69. The Hall–Kier alpha value is -0.900. The number of thiophene rings is 1. The SMILES string of the molecule is CCNCC(O)c1csc2ccccc12. The zero-order valence-corrected chi connectivity index (χ0v) is 9.55. The fourth-order valence-corrected chi connectivity index (χ4v) is 2.66. The van der Waals surface area contributed by atoms with Crippen LogP contribution < -0.4 is 5.32 Å². The van der Waals surface area contributed by atoms with E-state index >= 15 is 0 Å². The third kappa shape index (κ3) is 2.20. The van der Waals surface area contributed by atoms with Gasteiger partial charge in [-0.3, -0.25) is 0 Å². The van der Waals surface area contributed by atoms with Gasteiger partial charge in [-0.1, -0.05) is 25.1 Å². The van der Waals surface area contributed by atoms with Crippen LogP contribution in [0.2, 0.25) is 0 Å². The molecule has 15 heavy (non-hydrogen) atoms. The molecule has 1 unspecified atom stereocenters. The quantitative estimate of drug-likeness (QED) is 0.831. The number of benzene rings is 1. The lowest BCUT2D eigenvalue weighted by atomic mass is 10.1. The number of aliphatic hydroxyl groups excluding tert-OH is 1. The smallest absolute Gasteiger partial charge is 0.0928 e. The van der Waals surface area contributed by atoms with Gasteiger partial charge in [0.05, 0.1) is 6.10 Å². The molecule has 80 valence electrons. The first kappa shape index (κ1) is 10.6. The summed E-state index contributed by atoms with van der Waals surface area (Å²) in [6.07, 6.45) is -0.402. The molecule has 0 spiro atoms. The lowest BCUT2D eigenvalue weighted by Crippen LogP contribution is -2.20. The zero-order valence-electron chi connectivity index (χ0n) is 8.73. The summed E-state index contributed by atoms with van der Waals surface area (Å²) in [4.78, 5) is 0. The standard InChI is InChI=1S/C12H15NOS/c1-2-13-7-11(14)10-8-15-12-6-4-3-5-9(10)12/h3-6,8,11,13-14H,2,7H2,1H3. The molecule has 0 bridgehead atoms. The number of fused-ring (bicyclic) bond motifs is 1. The summed E-state index contributed by atoms with van der Waals surface area (Å²) in [6, 6.07) is 8.19. The fraction of sp³-hybridized carbons (Fsp3) is 0.333. The van der Waals surface area contributed by atoms with Crippen LogP contribution in [0.3, 0.4) is 0 Å². The highest BCUT2D eigenvalue weighted by atomic mass is 32.1. The lowest BCUT2D eigenvalue weighted by Gasteiger charge is -2.09. The maximum Gasteiger partial charge on any atom is 0.0928 e. The van der Waals surface area contributed by atoms with Crippen LogP contribution >= 0.6 is 11.3 Å². The zero-order chi connectivity index (χ0) is 10.7. The van der Waals surface area contributed by atoms with Gasteiger partial charge in [-0.25, -0.2) is 0 Å². The monoisotopic (exact) mass is 221 g/mol. The molecular formula is C12H15NOS. The molecule has 2 nitrogen and oxygen atoms in total. The average molecular weight is 221 g/mol. The largest absolute Gasteiger partial charge is 0.387 e. The van der Waals surface area contributed by atoms with E-state index in [0.717, 1.165) is 12.1 Å². The highest BCUT2D eigenvalue weighted by Gasteiger charge is 2.11. The van der Waals surface area contributed by atoms with Gasteiger partial charge < -0.3 is 10.4 Å². The number of aliphatic hydroxyl groups is 1. The summed E-state index contributed by atoms with van der Waals surface area (Å²) < 4.78 is 1.24. The molecule has 0 amide bonds. The van der Waals surface area contributed by atoms with Crippen molar-refractivity contribution in [2.24, 2.45) is 0 Å². The number of likely N-dealkylation sites (N-methyl/N-ethyl adjacent to an activating group) is 1. The number of hydrogen-bond acceptors (Lipinski definition) is 3. The highest BCUT2D eigenvalue weighted by molar-refractivity contribution is 7.17. The summed E-state index contributed by atoms with van der Waals surface area (Å²) in [6.45, 7) is 3.55. The second-order valence-corrected chi connectivity index (χ2v) is 4.42.